The van der Waals surface area contributed by atoms with Crippen molar-refractivity contribution in [2.45, 2.75) is 77.5 Å². The largest absolute Gasteiger partial charge is 0.414 e. The molecule has 0 saturated carbocycles. The molecule has 18 heavy (non-hydrogen) atoms. The Bertz CT molecular complexity index is 273. The molecule has 0 aromatic heterocycles. The van der Waals surface area contributed by atoms with E-state index in [9.17, 15) is 0 Å². The van der Waals surface area contributed by atoms with Crippen molar-refractivity contribution in [1.29, 1.82) is 0 Å². The van der Waals surface area contributed by atoms with E-state index in [0.717, 1.165) is 6.42 Å². The average Bonchev–Trinajstić information content (AvgIpc) is 3.02. The zero-order valence-electron chi connectivity index (χ0n) is 13.0. The van der Waals surface area contributed by atoms with Gasteiger partial charge in [0.25, 0.3) is 0 Å². The summed E-state index contributed by atoms with van der Waals surface area (Å²) in [6.07, 6.45) is 1.47. The van der Waals surface area contributed by atoms with Crippen molar-refractivity contribution in [2.75, 3.05) is 6.61 Å². The van der Waals surface area contributed by atoms with E-state index in [2.05, 4.69) is 47.7 Å². The quantitative estimate of drug-likeness (QED) is 0.597. The Balaban J connectivity index is 2.62. The zero-order chi connectivity index (χ0) is 14.1. The van der Waals surface area contributed by atoms with Gasteiger partial charge in [-0.2, -0.15) is 0 Å². The predicted molar refractivity (Wildman–Crippen MR) is 77.3 cm³/mol. The second-order valence-corrected chi connectivity index (χ2v) is 11.8. The highest BCUT2D eigenvalue weighted by Gasteiger charge is 2.47. The van der Waals surface area contributed by atoms with Crippen LogP contribution in [0.2, 0.25) is 18.1 Å². The summed E-state index contributed by atoms with van der Waals surface area (Å²) < 4.78 is 12.0. The standard InChI is InChI=1S/C14H30O3Si/c1-8-11(10(2)13-12(9-15)16-13)17-18(6,7)14(3,4)5/h10-13,15H,8-9H2,1-7H3/t10-,11+,12-,13-/m0/s1. The molecule has 1 rings (SSSR count). The molecular weight excluding hydrogens is 244 g/mol. The maximum Gasteiger partial charge on any atom is 0.192 e. The smallest absolute Gasteiger partial charge is 0.192 e. The third kappa shape index (κ3) is 3.56. The van der Waals surface area contributed by atoms with E-state index in [-0.39, 0.29) is 30.0 Å². The van der Waals surface area contributed by atoms with Gasteiger partial charge >= 0.3 is 0 Å². The summed E-state index contributed by atoms with van der Waals surface area (Å²) in [5.74, 6) is 0.362. The molecule has 3 nitrogen and oxygen atoms in total. The van der Waals surface area contributed by atoms with Crippen LogP contribution >= 0.6 is 0 Å². The van der Waals surface area contributed by atoms with Gasteiger partial charge in [-0.3, -0.25) is 0 Å². The molecule has 0 aliphatic carbocycles. The second-order valence-electron chi connectivity index (χ2n) is 7.01. The van der Waals surface area contributed by atoms with Crippen molar-refractivity contribution in [1.82, 2.24) is 0 Å². The number of hydrogen-bond donors (Lipinski definition) is 1. The van der Waals surface area contributed by atoms with E-state index < -0.39 is 8.32 Å². The van der Waals surface area contributed by atoms with Crippen LogP contribution in [0.15, 0.2) is 0 Å². The Morgan fingerprint density at radius 1 is 1.33 bits per heavy atom. The first-order valence-electron chi connectivity index (χ1n) is 7.08. The lowest BCUT2D eigenvalue weighted by Gasteiger charge is -2.40. The van der Waals surface area contributed by atoms with Gasteiger partial charge in [-0.15, -0.1) is 0 Å². The maximum atomic E-state index is 9.08. The Hall–Kier alpha value is 0.0969. The molecule has 0 amide bonds. The summed E-state index contributed by atoms with van der Waals surface area (Å²) in [5.41, 5.74) is 0. The third-order valence-electron chi connectivity index (χ3n) is 4.56. The Labute approximate surface area is 113 Å². The van der Waals surface area contributed by atoms with Crippen LogP contribution in [0.25, 0.3) is 0 Å². The van der Waals surface area contributed by atoms with E-state index in [1.165, 1.54) is 0 Å². The molecule has 4 heteroatoms. The van der Waals surface area contributed by atoms with Crippen molar-refractivity contribution < 1.29 is 14.3 Å². The molecule has 1 aliphatic heterocycles. The molecule has 0 aromatic carbocycles. The van der Waals surface area contributed by atoms with Crippen molar-refractivity contribution in [3.05, 3.63) is 0 Å². The SMILES string of the molecule is CC[C@@H](O[Si](C)(C)C(C)(C)C)[C@H](C)[C@@H]1O[C@H]1CO. The zero-order valence-corrected chi connectivity index (χ0v) is 14.0. The Morgan fingerprint density at radius 3 is 2.22 bits per heavy atom. The summed E-state index contributed by atoms with van der Waals surface area (Å²) in [6, 6.07) is 0. The van der Waals surface area contributed by atoms with Gasteiger partial charge in [-0.1, -0.05) is 34.6 Å². The van der Waals surface area contributed by atoms with Gasteiger partial charge in [-0.25, -0.2) is 0 Å². The minimum atomic E-state index is -1.72. The van der Waals surface area contributed by atoms with E-state index >= 15 is 0 Å². The minimum absolute atomic E-state index is 0.0389. The van der Waals surface area contributed by atoms with Crippen LogP contribution in [0.4, 0.5) is 0 Å². The molecule has 1 saturated heterocycles. The summed E-state index contributed by atoms with van der Waals surface area (Å²) in [5, 5.41) is 9.32. The molecule has 0 aromatic rings. The third-order valence-corrected chi connectivity index (χ3v) is 9.07. The number of aliphatic hydroxyl groups excluding tert-OH is 1. The van der Waals surface area contributed by atoms with Gasteiger partial charge in [0.1, 0.15) is 6.10 Å². The fourth-order valence-corrected chi connectivity index (χ4v) is 3.59. The predicted octanol–water partition coefficient (Wildman–Crippen LogP) is 3.18. The highest BCUT2D eigenvalue weighted by molar-refractivity contribution is 6.74. The summed E-state index contributed by atoms with van der Waals surface area (Å²) in [7, 11) is -1.72. The Morgan fingerprint density at radius 2 is 1.89 bits per heavy atom. The fraction of sp³-hybridized carbons (Fsp3) is 1.00. The molecule has 0 bridgehead atoms. The maximum absolute atomic E-state index is 9.08. The monoisotopic (exact) mass is 274 g/mol. The first-order valence-corrected chi connectivity index (χ1v) is 9.99. The molecule has 1 N–H and O–H groups in total. The van der Waals surface area contributed by atoms with Crippen LogP contribution in [0.5, 0.6) is 0 Å². The highest BCUT2D eigenvalue weighted by Crippen LogP contribution is 2.40. The molecule has 0 spiro atoms. The first-order chi connectivity index (χ1) is 8.14. The minimum Gasteiger partial charge on any atom is -0.414 e. The van der Waals surface area contributed by atoms with Crippen molar-refractivity contribution in [3.8, 4) is 0 Å². The van der Waals surface area contributed by atoms with Crippen LogP contribution in [-0.4, -0.2) is 38.3 Å². The summed E-state index contributed by atoms with van der Waals surface area (Å²) in [6.45, 7) is 15.9. The first kappa shape index (κ1) is 16.2. The number of aliphatic hydroxyl groups is 1. The van der Waals surface area contributed by atoms with Crippen LogP contribution in [-0.2, 0) is 9.16 Å². The van der Waals surface area contributed by atoms with Crippen molar-refractivity contribution in [2.24, 2.45) is 5.92 Å². The van der Waals surface area contributed by atoms with E-state index in [1.54, 1.807) is 0 Å². The normalized spacial score (nSPS) is 28.0. The number of hydrogen-bond acceptors (Lipinski definition) is 3. The van der Waals surface area contributed by atoms with Crippen LogP contribution in [0.3, 0.4) is 0 Å². The molecule has 0 unspecified atom stereocenters. The van der Waals surface area contributed by atoms with Crippen molar-refractivity contribution in [3.63, 3.8) is 0 Å². The van der Waals surface area contributed by atoms with Crippen LogP contribution in [0.1, 0.15) is 41.0 Å². The molecule has 4 atom stereocenters. The van der Waals surface area contributed by atoms with Crippen molar-refractivity contribution >= 4 is 8.32 Å². The average molecular weight is 274 g/mol. The van der Waals surface area contributed by atoms with E-state index in [0.29, 0.717) is 5.92 Å². The lowest BCUT2D eigenvalue weighted by molar-refractivity contribution is 0.104. The van der Waals surface area contributed by atoms with Gasteiger partial charge in [-0.05, 0) is 24.6 Å². The van der Waals surface area contributed by atoms with Gasteiger partial charge < -0.3 is 14.3 Å². The lowest BCUT2D eigenvalue weighted by Crippen LogP contribution is -2.46. The summed E-state index contributed by atoms with van der Waals surface area (Å²) >= 11 is 0. The van der Waals surface area contributed by atoms with Gasteiger partial charge in [0.15, 0.2) is 8.32 Å². The van der Waals surface area contributed by atoms with Gasteiger partial charge in [0, 0.05) is 12.0 Å². The van der Waals surface area contributed by atoms with Gasteiger partial charge in [0.2, 0.25) is 0 Å². The number of rotatable bonds is 6. The Kier molecular flexibility index (Phi) is 5.04. The van der Waals surface area contributed by atoms with Gasteiger partial charge in [0.05, 0.1) is 12.7 Å². The molecule has 1 fully saturated rings. The highest BCUT2D eigenvalue weighted by atomic mass is 28.4. The molecule has 0 radical (unpaired) electrons. The topological polar surface area (TPSA) is 42.0 Å². The fourth-order valence-electron chi connectivity index (χ4n) is 2.10. The number of ether oxygens (including phenoxy) is 1. The molecule has 108 valence electrons. The van der Waals surface area contributed by atoms with E-state index in [4.69, 9.17) is 14.3 Å². The molecular formula is C14H30O3Si. The molecule has 1 heterocycles. The number of epoxide rings is 1. The van der Waals surface area contributed by atoms with Crippen LogP contribution in [0, 0.1) is 5.92 Å². The van der Waals surface area contributed by atoms with Crippen LogP contribution < -0.4 is 0 Å². The molecule has 1 aliphatic rings. The van der Waals surface area contributed by atoms with E-state index in [1.807, 2.05) is 0 Å². The second kappa shape index (κ2) is 5.61. The summed E-state index contributed by atoms with van der Waals surface area (Å²) in [4.78, 5) is 0. The lowest BCUT2D eigenvalue weighted by atomic mass is 9.97.